The average molecular weight is 205 g/mol. The molecule has 0 saturated heterocycles. The minimum atomic E-state index is -1.40. The van der Waals surface area contributed by atoms with Gasteiger partial charge in [0, 0.05) is 6.04 Å². The lowest BCUT2D eigenvalue weighted by atomic mass is 9.94. The van der Waals surface area contributed by atoms with Gasteiger partial charge in [-0.1, -0.05) is 0 Å². The largest absolute Gasteiger partial charge is 0.481 e. The van der Waals surface area contributed by atoms with Crippen LogP contribution >= 0.6 is 0 Å². The summed E-state index contributed by atoms with van der Waals surface area (Å²) in [6, 6.07) is -1.19. The monoisotopic (exact) mass is 205 g/mol. The summed E-state index contributed by atoms with van der Waals surface area (Å²) in [7, 11) is 0. The fourth-order valence-electron chi connectivity index (χ4n) is 0.954. The van der Waals surface area contributed by atoms with Crippen LogP contribution in [0.1, 0.15) is 12.8 Å². The van der Waals surface area contributed by atoms with Crippen LogP contribution in [0.5, 0.6) is 0 Å². The van der Waals surface area contributed by atoms with Crippen LogP contribution in [-0.4, -0.2) is 39.3 Å². The van der Waals surface area contributed by atoms with E-state index in [0.717, 1.165) is 0 Å². The van der Waals surface area contributed by atoms with Gasteiger partial charge in [0.25, 0.3) is 0 Å². The van der Waals surface area contributed by atoms with Crippen LogP contribution in [0.2, 0.25) is 0 Å². The fourth-order valence-corrected chi connectivity index (χ4v) is 0.954. The lowest BCUT2D eigenvalue weighted by molar-refractivity contribution is -0.150. The summed E-state index contributed by atoms with van der Waals surface area (Å²) in [6.45, 7) is 0. The van der Waals surface area contributed by atoms with Crippen molar-refractivity contribution in [1.29, 1.82) is 0 Å². The molecule has 0 aromatic heterocycles. The summed E-state index contributed by atoms with van der Waals surface area (Å²) in [5, 5.41) is 25.2. The number of aliphatic carboxylic acids is 3. The summed E-state index contributed by atoms with van der Waals surface area (Å²) < 4.78 is 0. The Balaban J connectivity index is 4.40. The van der Waals surface area contributed by atoms with Crippen molar-refractivity contribution in [2.24, 2.45) is 11.7 Å². The molecule has 0 fully saturated rings. The first-order valence-corrected chi connectivity index (χ1v) is 3.76. The second kappa shape index (κ2) is 5.18. The molecule has 0 spiro atoms. The van der Waals surface area contributed by atoms with Gasteiger partial charge in [-0.05, 0) is 0 Å². The van der Waals surface area contributed by atoms with Crippen LogP contribution in [0.15, 0.2) is 0 Å². The molecule has 0 aliphatic heterocycles. The van der Waals surface area contributed by atoms with Gasteiger partial charge in [-0.2, -0.15) is 0 Å². The van der Waals surface area contributed by atoms with Crippen LogP contribution in [0.3, 0.4) is 0 Å². The average Bonchev–Trinajstić information content (AvgIpc) is 1.97. The Morgan fingerprint density at radius 1 is 1.00 bits per heavy atom. The van der Waals surface area contributed by atoms with E-state index >= 15 is 0 Å². The Kier molecular flexibility index (Phi) is 4.57. The quantitative estimate of drug-likeness (QED) is 0.434. The fraction of sp³-hybridized carbons (Fsp3) is 0.571. The highest BCUT2D eigenvalue weighted by atomic mass is 16.4. The van der Waals surface area contributed by atoms with Gasteiger partial charge in [-0.3, -0.25) is 14.4 Å². The zero-order valence-electron chi connectivity index (χ0n) is 7.21. The molecule has 7 heteroatoms. The number of rotatable bonds is 6. The zero-order valence-corrected chi connectivity index (χ0v) is 7.21. The topological polar surface area (TPSA) is 138 Å². The Labute approximate surface area is 79.1 Å². The molecule has 5 N–H and O–H groups in total. The summed E-state index contributed by atoms with van der Waals surface area (Å²) in [6.07, 6.45) is -1.24. The number of carbonyl (C=O) groups is 3. The Bertz CT molecular complexity index is 251. The summed E-state index contributed by atoms with van der Waals surface area (Å²) >= 11 is 0. The van der Waals surface area contributed by atoms with E-state index in [9.17, 15) is 14.4 Å². The van der Waals surface area contributed by atoms with Gasteiger partial charge in [-0.25, -0.2) is 0 Å². The predicted molar refractivity (Wildman–Crippen MR) is 43.6 cm³/mol. The molecule has 2 atom stereocenters. The molecule has 0 saturated carbocycles. The molecule has 0 bridgehead atoms. The highest BCUT2D eigenvalue weighted by Gasteiger charge is 2.29. The molecule has 2 unspecified atom stereocenters. The Hall–Kier alpha value is -1.63. The number of hydrogen-bond donors (Lipinski definition) is 4. The number of carboxylic acids is 3. The van der Waals surface area contributed by atoms with Gasteiger partial charge >= 0.3 is 17.9 Å². The number of hydrogen-bond acceptors (Lipinski definition) is 4. The maximum Gasteiger partial charge on any atom is 0.308 e. The second-order valence-corrected chi connectivity index (χ2v) is 2.80. The molecule has 80 valence electrons. The van der Waals surface area contributed by atoms with Crippen LogP contribution in [-0.2, 0) is 14.4 Å². The van der Waals surface area contributed by atoms with E-state index in [0.29, 0.717) is 0 Å². The van der Waals surface area contributed by atoms with Crippen molar-refractivity contribution in [3.63, 3.8) is 0 Å². The van der Waals surface area contributed by atoms with E-state index in [2.05, 4.69) is 0 Å². The van der Waals surface area contributed by atoms with Crippen LogP contribution in [0.4, 0.5) is 0 Å². The highest BCUT2D eigenvalue weighted by molar-refractivity contribution is 5.79. The van der Waals surface area contributed by atoms with Crippen molar-refractivity contribution in [3.8, 4) is 0 Å². The van der Waals surface area contributed by atoms with E-state index in [1.54, 1.807) is 0 Å². The highest BCUT2D eigenvalue weighted by Crippen LogP contribution is 2.10. The third-order valence-corrected chi connectivity index (χ3v) is 1.64. The maximum atomic E-state index is 10.5. The molecule has 0 rings (SSSR count). The summed E-state index contributed by atoms with van der Waals surface area (Å²) in [4.78, 5) is 31.0. The molecule has 0 aliphatic rings. The normalized spacial score (nSPS) is 14.4. The Morgan fingerprint density at radius 2 is 1.43 bits per heavy atom. The van der Waals surface area contributed by atoms with Gasteiger partial charge in [0.1, 0.15) is 0 Å². The van der Waals surface area contributed by atoms with Gasteiger partial charge in [0.05, 0.1) is 18.8 Å². The molecule has 0 aromatic rings. The van der Waals surface area contributed by atoms with Crippen molar-refractivity contribution in [2.75, 3.05) is 0 Å². The number of carboxylic acid groups (broad SMARTS) is 3. The van der Waals surface area contributed by atoms with E-state index in [1.165, 1.54) is 0 Å². The third-order valence-electron chi connectivity index (χ3n) is 1.64. The van der Waals surface area contributed by atoms with E-state index < -0.39 is 42.7 Å². The zero-order chi connectivity index (χ0) is 11.3. The predicted octanol–water partition coefficient (Wildman–Crippen LogP) is -1.04. The van der Waals surface area contributed by atoms with Crippen molar-refractivity contribution < 1.29 is 29.7 Å². The minimum Gasteiger partial charge on any atom is -0.481 e. The van der Waals surface area contributed by atoms with Crippen molar-refractivity contribution in [1.82, 2.24) is 0 Å². The standard InChI is InChI=1S/C7H11NO6/c8-4(2-6(11)12)3(7(13)14)1-5(9)10/h3-4H,1-2,8H2,(H,9,10)(H,11,12)(H,13,14). The van der Waals surface area contributed by atoms with Gasteiger partial charge in [-0.15, -0.1) is 0 Å². The molecule has 0 radical (unpaired) electrons. The minimum absolute atomic E-state index is 0.565. The first kappa shape index (κ1) is 12.4. The summed E-state index contributed by atoms with van der Waals surface area (Å²) in [5.74, 6) is -5.35. The van der Waals surface area contributed by atoms with Crippen LogP contribution in [0, 0.1) is 5.92 Å². The van der Waals surface area contributed by atoms with Crippen molar-refractivity contribution in [2.45, 2.75) is 18.9 Å². The van der Waals surface area contributed by atoms with Crippen molar-refractivity contribution in [3.05, 3.63) is 0 Å². The molecule has 0 heterocycles. The molecule has 0 aromatic carbocycles. The van der Waals surface area contributed by atoms with E-state index in [-0.39, 0.29) is 0 Å². The molecular formula is C7H11NO6. The van der Waals surface area contributed by atoms with Crippen LogP contribution < -0.4 is 5.73 Å². The van der Waals surface area contributed by atoms with Crippen molar-refractivity contribution >= 4 is 17.9 Å². The van der Waals surface area contributed by atoms with Gasteiger partial charge in [0.15, 0.2) is 0 Å². The third kappa shape index (κ3) is 4.41. The first-order chi connectivity index (χ1) is 6.34. The molecule has 0 aliphatic carbocycles. The molecule has 0 amide bonds. The lowest BCUT2D eigenvalue weighted by Crippen LogP contribution is -2.38. The number of nitrogens with two attached hydrogens (primary N) is 1. The summed E-state index contributed by atoms with van der Waals surface area (Å²) in [5.41, 5.74) is 5.24. The molecule has 7 nitrogen and oxygen atoms in total. The van der Waals surface area contributed by atoms with Gasteiger partial charge < -0.3 is 21.1 Å². The Morgan fingerprint density at radius 3 is 1.71 bits per heavy atom. The SMILES string of the molecule is NC(CC(=O)O)C(CC(=O)O)C(=O)O. The maximum absolute atomic E-state index is 10.5. The lowest BCUT2D eigenvalue weighted by Gasteiger charge is -2.16. The smallest absolute Gasteiger partial charge is 0.308 e. The van der Waals surface area contributed by atoms with Gasteiger partial charge in [0.2, 0.25) is 0 Å². The second-order valence-electron chi connectivity index (χ2n) is 2.80. The molecular weight excluding hydrogens is 194 g/mol. The van der Waals surface area contributed by atoms with E-state index in [1.807, 2.05) is 0 Å². The molecule has 14 heavy (non-hydrogen) atoms. The van der Waals surface area contributed by atoms with E-state index in [4.69, 9.17) is 21.1 Å². The van der Waals surface area contributed by atoms with Crippen LogP contribution in [0.25, 0.3) is 0 Å². The first-order valence-electron chi connectivity index (χ1n) is 3.76.